The summed E-state index contributed by atoms with van der Waals surface area (Å²) in [5, 5.41) is 1.58. The van der Waals surface area contributed by atoms with Crippen LogP contribution in [0.15, 0.2) is 84.9 Å². The van der Waals surface area contributed by atoms with Gasteiger partial charge in [-0.15, -0.1) is 0 Å². The lowest BCUT2D eigenvalue weighted by Crippen LogP contribution is -2.36. The smallest absolute Gasteiger partial charge is 0.416 e. The number of alkyl halides is 3. The zero-order chi connectivity index (χ0) is 37.1. The number of benzene rings is 5. The molecule has 5 aromatic rings. The number of halogens is 3. The highest BCUT2D eigenvalue weighted by atomic mass is 19.4. The Bertz CT molecular complexity index is 2170. The molecule has 2 aliphatic heterocycles. The summed E-state index contributed by atoms with van der Waals surface area (Å²) in [6, 6.07) is 23.6. The van der Waals surface area contributed by atoms with Gasteiger partial charge in [0, 0.05) is 47.8 Å². The molecule has 0 N–H and O–H groups in total. The molecule has 2 heterocycles. The van der Waals surface area contributed by atoms with Crippen LogP contribution in [0.2, 0.25) is 0 Å². The van der Waals surface area contributed by atoms with E-state index in [0.29, 0.717) is 66.8 Å². The van der Waals surface area contributed by atoms with Crippen LogP contribution in [0.1, 0.15) is 46.7 Å². The van der Waals surface area contributed by atoms with E-state index in [0.717, 1.165) is 50.3 Å². The van der Waals surface area contributed by atoms with Crippen LogP contribution < -0.4 is 23.8 Å². The minimum atomic E-state index is -4.53. The number of hydrogen-bond donors (Lipinski definition) is 0. The van der Waals surface area contributed by atoms with Crippen molar-refractivity contribution in [1.29, 1.82) is 0 Å². The third-order valence-electron chi connectivity index (χ3n) is 11.0. The van der Waals surface area contributed by atoms with Crippen molar-refractivity contribution < 1.29 is 41.6 Å². The fourth-order valence-electron chi connectivity index (χ4n) is 8.35. The quantitative estimate of drug-likeness (QED) is 0.158. The molecule has 1 atom stereocenters. The van der Waals surface area contributed by atoms with Crippen molar-refractivity contribution >= 4 is 22.5 Å². The lowest BCUT2D eigenvalue weighted by Gasteiger charge is -2.39. The number of hydrogen-bond acceptors (Lipinski definition) is 7. The van der Waals surface area contributed by atoms with Crippen LogP contribution >= 0.6 is 0 Å². The Morgan fingerprint density at radius 3 is 1.96 bits per heavy atom. The Labute approximate surface area is 306 Å². The molecule has 1 aliphatic carbocycles. The van der Waals surface area contributed by atoms with Gasteiger partial charge in [-0.2, -0.15) is 13.2 Å². The average molecular weight is 724 g/mol. The monoisotopic (exact) mass is 723 g/mol. The van der Waals surface area contributed by atoms with Gasteiger partial charge in [0.2, 0.25) is 0 Å². The SMILES string of the molecule is CCC1(OC)c2cc(C(F)(F)F)ccc2-c2c1c1c(c3cc(OC)c(N4CCOCC4)cc23)OC(c2ccc(OC)cc2)(c2ccc(OC)cc2)C=C1. The molecule has 0 amide bonds. The van der Waals surface area contributed by atoms with Gasteiger partial charge in [-0.05, 0) is 83.1 Å². The maximum absolute atomic E-state index is 14.3. The first-order chi connectivity index (χ1) is 25.6. The van der Waals surface area contributed by atoms with Crippen LogP contribution in [-0.4, -0.2) is 54.7 Å². The summed E-state index contributed by atoms with van der Waals surface area (Å²) in [5.74, 6) is 2.62. The van der Waals surface area contributed by atoms with E-state index in [4.69, 9.17) is 28.4 Å². The number of anilines is 1. The van der Waals surface area contributed by atoms with Crippen molar-refractivity contribution in [2.45, 2.75) is 30.7 Å². The molecular formula is C43H40F3NO6. The maximum atomic E-state index is 14.3. The molecular weight excluding hydrogens is 683 g/mol. The summed E-state index contributed by atoms with van der Waals surface area (Å²) in [5.41, 5.74) is 3.02. The van der Waals surface area contributed by atoms with Crippen molar-refractivity contribution in [2.24, 2.45) is 0 Å². The molecule has 53 heavy (non-hydrogen) atoms. The molecule has 0 bridgehead atoms. The highest BCUT2D eigenvalue weighted by molar-refractivity contribution is 6.10. The molecule has 7 nitrogen and oxygen atoms in total. The standard InChI is InChI=1S/C43H40F3NO6/c1-6-41(51-5)35-23-28(43(44,45)46)11-16-31(35)38-33-24-36(47-19-21-52-22-20-47)37(50-4)25-34(33)40-32(39(38)41)17-18-42(53-40,26-7-12-29(48-2)13-8-26)27-9-14-30(49-3)15-10-27/h7-18,23-25H,6,19-22H2,1-5H3. The number of rotatable bonds is 8. The number of ether oxygens (including phenoxy) is 6. The minimum Gasteiger partial charge on any atom is -0.497 e. The molecule has 1 unspecified atom stereocenters. The van der Waals surface area contributed by atoms with Crippen molar-refractivity contribution in [1.82, 2.24) is 0 Å². The predicted octanol–water partition coefficient (Wildman–Crippen LogP) is 9.35. The summed E-state index contributed by atoms with van der Waals surface area (Å²) in [6.45, 7) is 4.40. The molecule has 0 radical (unpaired) electrons. The summed E-state index contributed by atoms with van der Waals surface area (Å²) in [7, 11) is 6.46. The second-order valence-corrected chi connectivity index (χ2v) is 13.4. The lowest BCUT2D eigenvalue weighted by atomic mass is 9.79. The number of methoxy groups -OCH3 is 4. The van der Waals surface area contributed by atoms with Gasteiger partial charge in [-0.25, -0.2) is 0 Å². The Morgan fingerprint density at radius 2 is 1.42 bits per heavy atom. The molecule has 274 valence electrons. The van der Waals surface area contributed by atoms with Crippen LogP contribution in [0.25, 0.3) is 28.0 Å². The molecule has 3 aliphatic rings. The highest BCUT2D eigenvalue weighted by Crippen LogP contribution is 2.61. The summed E-state index contributed by atoms with van der Waals surface area (Å²) in [4.78, 5) is 2.22. The third kappa shape index (κ3) is 5.33. The lowest BCUT2D eigenvalue weighted by molar-refractivity contribution is -0.137. The molecule has 0 aromatic heterocycles. The van der Waals surface area contributed by atoms with E-state index >= 15 is 0 Å². The zero-order valence-corrected chi connectivity index (χ0v) is 30.2. The van der Waals surface area contributed by atoms with Crippen LogP contribution in [-0.2, 0) is 26.9 Å². The zero-order valence-electron chi connectivity index (χ0n) is 30.2. The van der Waals surface area contributed by atoms with Gasteiger partial charge >= 0.3 is 6.18 Å². The predicted molar refractivity (Wildman–Crippen MR) is 198 cm³/mol. The van der Waals surface area contributed by atoms with Gasteiger partial charge in [-0.1, -0.05) is 43.3 Å². The van der Waals surface area contributed by atoms with E-state index < -0.39 is 22.9 Å². The van der Waals surface area contributed by atoms with E-state index in [1.165, 1.54) is 6.07 Å². The molecule has 10 heteroatoms. The Kier molecular flexibility index (Phi) is 8.58. The van der Waals surface area contributed by atoms with Gasteiger partial charge in [0.25, 0.3) is 0 Å². The number of fused-ring (bicyclic) bond motifs is 8. The molecule has 1 saturated heterocycles. The van der Waals surface area contributed by atoms with Gasteiger partial charge < -0.3 is 33.3 Å². The van der Waals surface area contributed by atoms with Crippen LogP contribution in [0.3, 0.4) is 0 Å². The number of nitrogens with zero attached hydrogens (tertiary/aromatic N) is 1. The molecule has 5 aromatic carbocycles. The van der Waals surface area contributed by atoms with Crippen LogP contribution in [0.5, 0.6) is 23.0 Å². The van der Waals surface area contributed by atoms with Crippen LogP contribution in [0, 0.1) is 0 Å². The van der Waals surface area contributed by atoms with Crippen molar-refractivity contribution in [3.63, 3.8) is 0 Å². The molecule has 0 saturated carbocycles. The van der Waals surface area contributed by atoms with Crippen LogP contribution in [0.4, 0.5) is 18.9 Å². The largest absolute Gasteiger partial charge is 0.497 e. The first kappa shape index (κ1) is 34.9. The average Bonchev–Trinajstić information content (AvgIpc) is 3.50. The Hall–Kier alpha value is -5.19. The van der Waals surface area contributed by atoms with E-state index in [2.05, 4.69) is 11.0 Å². The second kappa shape index (κ2) is 13.0. The van der Waals surface area contributed by atoms with Gasteiger partial charge in [0.15, 0.2) is 5.60 Å². The maximum Gasteiger partial charge on any atom is 0.416 e. The van der Waals surface area contributed by atoms with E-state index in [1.807, 2.05) is 73.7 Å². The normalized spacial score (nSPS) is 18.6. The van der Waals surface area contributed by atoms with Gasteiger partial charge in [0.1, 0.15) is 28.6 Å². The molecule has 0 spiro atoms. The fourth-order valence-corrected chi connectivity index (χ4v) is 8.35. The fraction of sp³-hybridized carbons (Fsp3) is 0.302. The first-order valence-electron chi connectivity index (χ1n) is 17.6. The topological polar surface area (TPSA) is 58.6 Å². The van der Waals surface area contributed by atoms with E-state index in [9.17, 15) is 13.2 Å². The van der Waals surface area contributed by atoms with E-state index in [-0.39, 0.29) is 0 Å². The third-order valence-corrected chi connectivity index (χ3v) is 11.0. The second-order valence-electron chi connectivity index (χ2n) is 13.4. The van der Waals surface area contributed by atoms with Crippen molar-refractivity contribution in [2.75, 3.05) is 59.6 Å². The summed E-state index contributed by atoms with van der Waals surface area (Å²) in [6.07, 6.45) is -0.0988. The Balaban J connectivity index is 1.47. The Morgan fingerprint density at radius 1 is 0.774 bits per heavy atom. The van der Waals surface area contributed by atoms with Crippen molar-refractivity contribution in [3.05, 3.63) is 118 Å². The minimum absolute atomic E-state index is 0.380. The summed E-state index contributed by atoms with van der Waals surface area (Å²) < 4.78 is 79.5. The van der Waals surface area contributed by atoms with Gasteiger partial charge in [-0.3, -0.25) is 0 Å². The molecule has 8 rings (SSSR count). The van der Waals surface area contributed by atoms with Crippen molar-refractivity contribution in [3.8, 4) is 34.1 Å². The van der Waals surface area contributed by atoms with Gasteiger partial charge in [0.05, 0.1) is 45.8 Å². The number of morpholine rings is 1. The molecule has 1 fully saturated rings. The first-order valence-corrected chi connectivity index (χ1v) is 17.6. The highest BCUT2D eigenvalue weighted by Gasteiger charge is 2.49. The van der Waals surface area contributed by atoms with E-state index in [1.54, 1.807) is 34.5 Å². The summed E-state index contributed by atoms with van der Waals surface area (Å²) >= 11 is 0.